The normalized spacial score (nSPS) is 17.6. The van der Waals surface area contributed by atoms with Crippen LogP contribution >= 0.6 is 22.9 Å². The summed E-state index contributed by atoms with van der Waals surface area (Å²) in [5.74, 6) is 0. The highest BCUT2D eigenvalue weighted by molar-refractivity contribution is 7.22. The van der Waals surface area contributed by atoms with Crippen LogP contribution in [0.25, 0.3) is 10.2 Å². The zero-order valence-electron chi connectivity index (χ0n) is 9.09. The first-order valence-corrected chi connectivity index (χ1v) is 6.65. The molecule has 3 rings (SSSR count). The van der Waals surface area contributed by atoms with E-state index in [1.54, 1.807) is 11.3 Å². The second-order valence-electron chi connectivity index (χ2n) is 4.77. The Morgan fingerprint density at radius 3 is 3.00 bits per heavy atom. The molecule has 0 saturated heterocycles. The third kappa shape index (κ3) is 1.89. The van der Waals surface area contributed by atoms with E-state index in [1.165, 1.54) is 12.8 Å². The molecule has 1 fully saturated rings. The molecule has 84 valence electrons. The Balaban J connectivity index is 1.85. The molecule has 16 heavy (non-hydrogen) atoms. The van der Waals surface area contributed by atoms with Gasteiger partial charge in [-0.15, -0.1) is 0 Å². The van der Waals surface area contributed by atoms with Crippen LogP contribution in [0.5, 0.6) is 0 Å². The zero-order valence-corrected chi connectivity index (χ0v) is 10.7. The minimum absolute atomic E-state index is 0.502. The predicted molar refractivity (Wildman–Crippen MR) is 70.5 cm³/mol. The summed E-state index contributed by atoms with van der Waals surface area (Å²) in [5.41, 5.74) is 1.49. The van der Waals surface area contributed by atoms with Crippen molar-refractivity contribution in [1.29, 1.82) is 0 Å². The number of nitrogens with zero attached hydrogens (tertiary/aromatic N) is 1. The Morgan fingerprint density at radius 2 is 2.31 bits per heavy atom. The smallest absolute Gasteiger partial charge is 0.183 e. The van der Waals surface area contributed by atoms with E-state index in [-0.39, 0.29) is 0 Å². The zero-order chi connectivity index (χ0) is 11.2. The van der Waals surface area contributed by atoms with E-state index in [0.717, 1.165) is 26.9 Å². The van der Waals surface area contributed by atoms with Crippen LogP contribution in [-0.4, -0.2) is 11.5 Å². The number of halogens is 1. The number of anilines is 1. The van der Waals surface area contributed by atoms with Gasteiger partial charge in [0, 0.05) is 6.54 Å². The number of fused-ring (bicyclic) bond motifs is 1. The summed E-state index contributed by atoms with van der Waals surface area (Å²) < 4.78 is 1.08. The SMILES string of the molecule is CC1(CNc2nc3cccc(Cl)c3s2)CC1. The molecule has 0 atom stereocenters. The molecule has 0 aliphatic heterocycles. The monoisotopic (exact) mass is 252 g/mol. The van der Waals surface area contributed by atoms with Crippen molar-refractivity contribution >= 4 is 38.3 Å². The second-order valence-corrected chi connectivity index (χ2v) is 6.18. The van der Waals surface area contributed by atoms with Gasteiger partial charge < -0.3 is 5.32 Å². The van der Waals surface area contributed by atoms with E-state index in [1.807, 2.05) is 18.2 Å². The van der Waals surface area contributed by atoms with Crippen molar-refractivity contribution < 1.29 is 0 Å². The maximum Gasteiger partial charge on any atom is 0.183 e. The van der Waals surface area contributed by atoms with Gasteiger partial charge in [0.25, 0.3) is 0 Å². The number of rotatable bonds is 3. The topological polar surface area (TPSA) is 24.9 Å². The van der Waals surface area contributed by atoms with Gasteiger partial charge in [-0.3, -0.25) is 0 Å². The summed E-state index contributed by atoms with van der Waals surface area (Å²) in [6, 6.07) is 5.85. The summed E-state index contributed by atoms with van der Waals surface area (Å²) in [6.45, 7) is 3.32. The lowest BCUT2D eigenvalue weighted by Gasteiger charge is -2.07. The highest BCUT2D eigenvalue weighted by atomic mass is 35.5. The molecule has 1 saturated carbocycles. The first-order valence-electron chi connectivity index (χ1n) is 5.45. The van der Waals surface area contributed by atoms with Gasteiger partial charge in [-0.1, -0.05) is 35.9 Å². The van der Waals surface area contributed by atoms with E-state index < -0.39 is 0 Å². The molecule has 4 heteroatoms. The van der Waals surface area contributed by atoms with Crippen LogP contribution in [0.1, 0.15) is 19.8 Å². The molecule has 1 aromatic heterocycles. The summed E-state index contributed by atoms with van der Waals surface area (Å²) in [4.78, 5) is 4.53. The van der Waals surface area contributed by atoms with Gasteiger partial charge in [-0.05, 0) is 30.4 Å². The van der Waals surface area contributed by atoms with Crippen LogP contribution in [-0.2, 0) is 0 Å². The maximum absolute atomic E-state index is 6.12. The van der Waals surface area contributed by atoms with E-state index >= 15 is 0 Å². The fourth-order valence-corrected chi connectivity index (χ4v) is 2.82. The molecule has 0 bridgehead atoms. The van der Waals surface area contributed by atoms with Crippen molar-refractivity contribution in [2.45, 2.75) is 19.8 Å². The van der Waals surface area contributed by atoms with Crippen LogP contribution in [0.2, 0.25) is 5.02 Å². The van der Waals surface area contributed by atoms with Crippen molar-refractivity contribution in [2.75, 3.05) is 11.9 Å². The Hall–Kier alpha value is -0.800. The minimum Gasteiger partial charge on any atom is -0.361 e. The van der Waals surface area contributed by atoms with Crippen LogP contribution in [0.4, 0.5) is 5.13 Å². The Labute approximate surface area is 104 Å². The molecule has 2 aromatic rings. The number of benzene rings is 1. The van der Waals surface area contributed by atoms with Crippen molar-refractivity contribution in [2.24, 2.45) is 5.41 Å². The third-order valence-corrected chi connectivity index (χ3v) is 4.63. The summed E-state index contributed by atoms with van der Waals surface area (Å²) in [7, 11) is 0. The molecule has 2 nitrogen and oxygen atoms in total. The average molecular weight is 253 g/mol. The van der Waals surface area contributed by atoms with Crippen LogP contribution in [0.3, 0.4) is 0 Å². The molecular formula is C12H13ClN2S. The lowest BCUT2D eigenvalue weighted by molar-refractivity contribution is 0.610. The van der Waals surface area contributed by atoms with Crippen molar-refractivity contribution in [1.82, 2.24) is 4.98 Å². The number of hydrogen-bond donors (Lipinski definition) is 1. The highest BCUT2D eigenvalue weighted by Gasteiger charge is 2.36. The number of nitrogens with one attached hydrogen (secondary N) is 1. The van der Waals surface area contributed by atoms with Gasteiger partial charge in [-0.25, -0.2) is 4.98 Å². The summed E-state index contributed by atoms with van der Waals surface area (Å²) in [6.07, 6.45) is 2.65. The average Bonchev–Trinajstić information content (AvgIpc) is 2.84. The lowest BCUT2D eigenvalue weighted by atomic mass is 10.1. The van der Waals surface area contributed by atoms with Gasteiger partial charge in [0.2, 0.25) is 0 Å². The summed E-state index contributed by atoms with van der Waals surface area (Å²) >= 11 is 7.75. The van der Waals surface area contributed by atoms with Crippen molar-refractivity contribution in [3.8, 4) is 0 Å². The first-order chi connectivity index (χ1) is 7.66. The van der Waals surface area contributed by atoms with E-state index in [2.05, 4.69) is 17.2 Å². The molecule has 1 heterocycles. The molecule has 0 amide bonds. The Kier molecular flexibility index (Phi) is 2.33. The number of hydrogen-bond acceptors (Lipinski definition) is 3. The molecular weight excluding hydrogens is 240 g/mol. The largest absolute Gasteiger partial charge is 0.361 e. The standard InChI is InChI=1S/C12H13ClN2S/c1-12(5-6-12)7-14-11-15-9-4-2-3-8(13)10(9)16-11/h2-4H,5-7H2,1H3,(H,14,15). The van der Waals surface area contributed by atoms with Crippen molar-refractivity contribution in [3.05, 3.63) is 23.2 Å². The third-order valence-electron chi connectivity index (χ3n) is 3.14. The van der Waals surface area contributed by atoms with Gasteiger partial charge in [0.1, 0.15) is 0 Å². The van der Waals surface area contributed by atoms with Gasteiger partial charge in [-0.2, -0.15) is 0 Å². The number of aromatic nitrogens is 1. The summed E-state index contributed by atoms with van der Waals surface area (Å²) in [5, 5.41) is 5.19. The van der Waals surface area contributed by atoms with Gasteiger partial charge in [0.15, 0.2) is 5.13 Å². The quantitative estimate of drug-likeness (QED) is 0.887. The van der Waals surface area contributed by atoms with Crippen LogP contribution in [0.15, 0.2) is 18.2 Å². The maximum atomic E-state index is 6.12. The number of thiazole rings is 1. The molecule has 1 aromatic carbocycles. The van der Waals surface area contributed by atoms with E-state index in [4.69, 9.17) is 11.6 Å². The fourth-order valence-electron chi connectivity index (χ4n) is 1.67. The molecule has 0 unspecified atom stereocenters. The fraction of sp³-hybridized carbons (Fsp3) is 0.417. The molecule has 1 aliphatic rings. The van der Waals surface area contributed by atoms with E-state index in [9.17, 15) is 0 Å². The van der Waals surface area contributed by atoms with Gasteiger partial charge >= 0.3 is 0 Å². The molecule has 1 N–H and O–H groups in total. The van der Waals surface area contributed by atoms with E-state index in [0.29, 0.717) is 5.41 Å². The van der Waals surface area contributed by atoms with Crippen LogP contribution in [0, 0.1) is 5.41 Å². The Bertz CT molecular complexity index is 531. The van der Waals surface area contributed by atoms with Gasteiger partial charge in [0.05, 0.1) is 15.2 Å². The first kappa shape index (κ1) is 10.4. The van der Waals surface area contributed by atoms with Crippen molar-refractivity contribution in [3.63, 3.8) is 0 Å². The predicted octanol–water partition coefficient (Wildman–Crippen LogP) is 4.16. The lowest BCUT2D eigenvalue weighted by Crippen LogP contribution is -2.11. The second kappa shape index (κ2) is 3.60. The highest BCUT2D eigenvalue weighted by Crippen LogP contribution is 2.45. The molecule has 1 aliphatic carbocycles. The Morgan fingerprint density at radius 1 is 1.50 bits per heavy atom. The minimum atomic E-state index is 0.502. The molecule has 0 spiro atoms. The molecule has 0 radical (unpaired) electrons. The van der Waals surface area contributed by atoms with Crippen LogP contribution < -0.4 is 5.32 Å².